The van der Waals surface area contributed by atoms with Crippen molar-refractivity contribution in [1.29, 1.82) is 0 Å². The van der Waals surface area contributed by atoms with E-state index in [2.05, 4.69) is 4.90 Å². The van der Waals surface area contributed by atoms with Gasteiger partial charge >= 0.3 is 0 Å². The van der Waals surface area contributed by atoms with Crippen molar-refractivity contribution >= 4 is 38.7 Å². The lowest BCUT2D eigenvalue weighted by Crippen LogP contribution is -2.29. The van der Waals surface area contributed by atoms with Crippen LogP contribution in [0.3, 0.4) is 0 Å². The SMILES string of the molecule is CN1C=C(N2CCCC2)c2cc(Cl)sc2S1(=O)=O. The summed E-state index contributed by atoms with van der Waals surface area (Å²) in [6.45, 7) is 1.96. The highest BCUT2D eigenvalue weighted by atomic mass is 35.5. The predicted octanol–water partition coefficient (Wildman–Crippen LogP) is 2.43. The molecule has 98 valence electrons. The molecule has 3 rings (SSSR count). The normalized spacial score (nSPS) is 22.0. The van der Waals surface area contributed by atoms with Crippen LogP contribution in [0.2, 0.25) is 4.34 Å². The lowest BCUT2D eigenvalue weighted by Gasteiger charge is -2.28. The van der Waals surface area contributed by atoms with Crippen molar-refractivity contribution in [2.24, 2.45) is 0 Å². The first-order valence-corrected chi connectivity index (χ1v) is 8.38. The Morgan fingerprint density at radius 3 is 2.67 bits per heavy atom. The maximum atomic E-state index is 12.2. The summed E-state index contributed by atoms with van der Waals surface area (Å²) in [6.07, 6.45) is 4.01. The molecule has 0 spiro atoms. The average molecular weight is 305 g/mol. The van der Waals surface area contributed by atoms with Crippen LogP contribution in [0.25, 0.3) is 5.70 Å². The molecule has 0 saturated carbocycles. The lowest BCUT2D eigenvalue weighted by atomic mass is 10.2. The van der Waals surface area contributed by atoms with Gasteiger partial charge in [0, 0.05) is 31.9 Å². The van der Waals surface area contributed by atoms with Gasteiger partial charge in [-0.15, -0.1) is 11.3 Å². The van der Waals surface area contributed by atoms with Crippen LogP contribution >= 0.6 is 22.9 Å². The Hall–Kier alpha value is -0.720. The molecule has 0 atom stereocenters. The molecule has 2 aliphatic heterocycles. The highest BCUT2D eigenvalue weighted by Gasteiger charge is 2.34. The molecule has 1 saturated heterocycles. The van der Waals surface area contributed by atoms with Crippen molar-refractivity contribution in [2.75, 3.05) is 20.1 Å². The van der Waals surface area contributed by atoms with Crippen molar-refractivity contribution in [1.82, 2.24) is 9.21 Å². The number of thiophene rings is 1. The van der Waals surface area contributed by atoms with Gasteiger partial charge in [0.05, 0.1) is 10.0 Å². The molecule has 4 nitrogen and oxygen atoms in total. The highest BCUT2D eigenvalue weighted by molar-refractivity contribution is 7.91. The van der Waals surface area contributed by atoms with Gasteiger partial charge < -0.3 is 4.90 Å². The largest absolute Gasteiger partial charge is 0.370 e. The van der Waals surface area contributed by atoms with Gasteiger partial charge in [-0.3, -0.25) is 4.31 Å². The highest BCUT2D eigenvalue weighted by Crippen LogP contribution is 2.41. The van der Waals surface area contributed by atoms with Crippen LogP contribution in [0, 0.1) is 0 Å². The minimum atomic E-state index is -3.40. The monoisotopic (exact) mass is 304 g/mol. The second kappa shape index (κ2) is 4.15. The Balaban J connectivity index is 2.16. The Labute approximate surface area is 116 Å². The Bertz CT molecular complexity index is 615. The van der Waals surface area contributed by atoms with Crippen molar-refractivity contribution < 1.29 is 8.42 Å². The number of fused-ring (bicyclic) bond motifs is 1. The van der Waals surface area contributed by atoms with E-state index >= 15 is 0 Å². The summed E-state index contributed by atoms with van der Waals surface area (Å²) in [6, 6.07) is 1.76. The molecule has 7 heteroatoms. The Morgan fingerprint density at radius 2 is 2.00 bits per heavy atom. The van der Waals surface area contributed by atoms with E-state index in [9.17, 15) is 8.42 Å². The van der Waals surface area contributed by atoms with E-state index < -0.39 is 10.0 Å². The molecule has 1 aromatic rings. The van der Waals surface area contributed by atoms with E-state index in [4.69, 9.17) is 11.6 Å². The van der Waals surface area contributed by atoms with Gasteiger partial charge in [-0.05, 0) is 18.9 Å². The molecule has 18 heavy (non-hydrogen) atoms. The number of rotatable bonds is 1. The first kappa shape index (κ1) is 12.3. The molecule has 0 aliphatic carbocycles. The molecule has 0 N–H and O–H groups in total. The fourth-order valence-corrected chi connectivity index (χ4v) is 5.46. The number of hydrogen-bond acceptors (Lipinski definition) is 4. The zero-order valence-corrected chi connectivity index (χ0v) is 12.3. The standard InChI is InChI=1S/C11H13ClN2O2S2/c1-13-7-9(14-4-2-3-5-14)8-6-10(12)17-11(8)18(13,15)16/h6-7H,2-5H2,1H3. The summed E-state index contributed by atoms with van der Waals surface area (Å²) in [5.74, 6) is 0. The van der Waals surface area contributed by atoms with Gasteiger partial charge in [-0.25, -0.2) is 8.42 Å². The molecule has 0 aromatic carbocycles. The van der Waals surface area contributed by atoms with Gasteiger partial charge in [-0.1, -0.05) is 11.6 Å². The first-order chi connectivity index (χ1) is 8.50. The lowest BCUT2D eigenvalue weighted by molar-refractivity contribution is 0.475. The third-order valence-electron chi connectivity index (χ3n) is 3.31. The van der Waals surface area contributed by atoms with Crippen LogP contribution < -0.4 is 0 Å². The van der Waals surface area contributed by atoms with Crippen LogP contribution in [-0.2, 0) is 10.0 Å². The molecule has 3 heterocycles. The predicted molar refractivity (Wildman–Crippen MR) is 73.1 cm³/mol. The smallest absolute Gasteiger partial charge is 0.273 e. The molecule has 2 aliphatic rings. The summed E-state index contributed by atoms with van der Waals surface area (Å²) >= 11 is 7.12. The summed E-state index contributed by atoms with van der Waals surface area (Å²) in [5, 5.41) is 0. The molecule has 0 bridgehead atoms. The Morgan fingerprint density at radius 1 is 1.33 bits per heavy atom. The molecule has 0 unspecified atom stereocenters. The van der Waals surface area contributed by atoms with Gasteiger partial charge in [0.2, 0.25) is 0 Å². The minimum Gasteiger partial charge on any atom is -0.370 e. The molecular weight excluding hydrogens is 292 g/mol. The van der Waals surface area contributed by atoms with Crippen LogP contribution in [0.1, 0.15) is 18.4 Å². The molecular formula is C11H13ClN2O2S2. The quantitative estimate of drug-likeness (QED) is 0.800. The summed E-state index contributed by atoms with van der Waals surface area (Å²) in [5.41, 5.74) is 1.73. The number of sulfonamides is 1. The van der Waals surface area contributed by atoms with E-state index in [1.807, 2.05) is 0 Å². The summed E-state index contributed by atoms with van der Waals surface area (Å²) in [4.78, 5) is 2.23. The van der Waals surface area contributed by atoms with E-state index in [-0.39, 0.29) is 0 Å². The van der Waals surface area contributed by atoms with Crippen LogP contribution in [0.5, 0.6) is 0 Å². The topological polar surface area (TPSA) is 40.6 Å². The van der Waals surface area contributed by atoms with E-state index in [1.54, 1.807) is 19.3 Å². The van der Waals surface area contributed by atoms with Crippen molar-refractivity contribution in [2.45, 2.75) is 17.1 Å². The van der Waals surface area contributed by atoms with E-state index in [0.717, 1.165) is 48.5 Å². The zero-order chi connectivity index (χ0) is 12.9. The molecule has 0 radical (unpaired) electrons. The maximum Gasteiger partial charge on any atom is 0.273 e. The second-order valence-electron chi connectivity index (χ2n) is 4.48. The van der Waals surface area contributed by atoms with Gasteiger partial charge in [0.25, 0.3) is 10.0 Å². The third kappa shape index (κ3) is 1.74. The second-order valence-corrected chi connectivity index (χ2v) is 8.36. The average Bonchev–Trinajstić information content (AvgIpc) is 2.92. The van der Waals surface area contributed by atoms with Crippen LogP contribution in [-0.4, -0.2) is 37.8 Å². The van der Waals surface area contributed by atoms with Gasteiger partial charge in [0.15, 0.2) is 4.21 Å². The van der Waals surface area contributed by atoms with Crippen molar-refractivity contribution in [3.05, 3.63) is 22.2 Å². The zero-order valence-electron chi connectivity index (χ0n) is 9.89. The van der Waals surface area contributed by atoms with Crippen LogP contribution in [0.4, 0.5) is 0 Å². The molecule has 1 aromatic heterocycles. The minimum absolute atomic E-state index is 0.361. The fourth-order valence-electron chi connectivity index (χ4n) is 2.37. The summed E-state index contributed by atoms with van der Waals surface area (Å²) in [7, 11) is -1.83. The fraction of sp³-hybridized carbons (Fsp3) is 0.455. The van der Waals surface area contributed by atoms with Crippen molar-refractivity contribution in [3.63, 3.8) is 0 Å². The molecule has 1 fully saturated rings. The van der Waals surface area contributed by atoms with Crippen LogP contribution in [0.15, 0.2) is 16.5 Å². The van der Waals surface area contributed by atoms with Gasteiger partial charge in [-0.2, -0.15) is 0 Å². The molecule has 0 amide bonds. The number of hydrogen-bond donors (Lipinski definition) is 0. The Kier molecular flexibility index (Phi) is 2.84. The van der Waals surface area contributed by atoms with Gasteiger partial charge in [0.1, 0.15) is 0 Å². The maximum absolute atomic E-state index is 12.2. The van der Waals surface area contributed by atoms with Crippen molar-refractivity contribution in [3.8, 4) is 0 Å². The van der Waals surface area contributed by atoms with E-state index in [1.165, 1.54) is 4.31 Å². The number of halogens is 1. The number of likely N-dealkylation sites (tertiary alicyclic amines) is 1. The number of nitrogens with zero attached hydrogens (tertiary/aromatic N) is 2. The summed E-state index contributed by atoms with van der Waals surface area (Å²) < 4.78 is 26.6. The van der Waals surface area contributed by atoms with E-state index in [0.29, 0.717) is 8.55 Å². The first-order valence-electron chi connectivity index (χ1n) is 5.74. The third-order valence-corrected chi connectivity index (χ3v) is 6.80.